The van der Waals surface area contributed by atoms with Crippen molar-refractivity contribution in [3.05, 3.63) is 46.4 Å². The van der Waals surface area contributed by atoms with E-state index in [1.165, 1.54) is 0 Å². The van der Waals surface area contributed by atoms with Crippen LogP contribution in [0, 0.1) is 5.92 Å². The van der Waals surface area contributed by atoms with Gasteiger partial charge in [-0.3, -0.25) is 9.59 Å². The Bertz CT molecular complexity index is 1020. The van der Waals surface area contributed by atoms with Gasteiger partial charge in [0.1, 0.15) is 5.52 Å². The maximum absolute atomic E-state index is 13.2. The van der Waals surface area contributed by atoms with Crippen molar-refractivity contribution in [1.82, 2.24) is 14.0 Å². The fourth-order valence-corrected chi connectivity index (χ4v) is 3.70. The summed E-state index contributed by atoms with van der Waals surface area (Å²) >= 11 is 0. The van der Waals surface area contributed by atoms with Gasteiger partial charge in [0.2, 0.25) is 0 Å². The Hall–Kier alpha value is -2.56. The van der Waals surface area contributed by atoms with E-state index in [1.807, 2.05) is 49.7 Å². The first-order valence-corrected chi connectivity index (χ1v) is 9.30. The number of para-hydroxylation sites is 1. The van der Waals surface area contributed by atoms with Gasteiger partial charge in [-0.2, -0.15) is 0 Å². The second kappa shape index (κ2) is 6.98. The molecule has 3 aromatic rings. The first kappa shape index (κ1) is 18.2. The van der Waals surface area contributed by atoms with E-state index >= 15 is 0 Å². The zero-order chi connectivity index (χ0) is 19.0. The number of pyridine rings is 1. The lowest BCUT2D eigenvalue weighted by Crippen LogP contribution is -2.33. The third kappa shape index (κ3) is 2.81. The fraction of sp³-hybridized carbons (Fsp3) is 0.429. The molecular weight excluding hydrogens is 326 g/mol. The Kier molecular flexibility index (Phi) is 4.90. The van der Waals surface area contributed by atoms with Gasteiger partial charge in [-0.05, 0) is 25.8 Å². The molecule has 0 fully saturated rings. The van der Waals surface area contributed by atoms with Crippen LogP contribution in [-0.2, 0) is 13.6 Å². The molecule has 26 heavy (non-hydrogen) atoms. The first-order chi connectivity index (χ1) is 12.4. The Balaban J connectivity index is 2.44. The minimum Gasteiger partial charge on any atom is -0.339 e. The third-order valence-corrected chi connectivity index (χ3v) is 4.97. The molecule has 5 heteroatoms. The zero-order valence-electron chi connectivity index (χ0n) is 16.2. The number of aromatic nitrogens is 2. The highest BCUT2D eigenvalue weighted by Crippen LogP contribution is 2.29. The van der Waals surface area contributed by atoms with Crippen molar-refractivity contribution in [2.75, 3.05) is 13.1 Å². The number of carbonyl (C=O) groups excluding carboxylic acids is 1. The normalized spacial score (nSPS) is 11.6. The number of fused-ring (bicyclic) bond motifs is 3. The molecule has 0 aliphatic rings. The lowest BCUT2D eigenvalue weighted by molar-refractivity contribution is 0.0774. The number of benzene rings is 1. The highest BCUT2D eigenvalue weighted by atomic mass is 16.2. The Morgan fingerprint density at radius 3 is 2.42 bits per heavy atom. The number of nitrogens with zero attached hydrogens (tertiary/aromatic N) is 3. The highest BCUT2D eigenvalue weighted by molar-refractivity contribution is 6.17. The SMILES string of the molecule is CCN(CC)C(=O)c1cn(CC(C)C)c(=O)c2c1c1ccccc1n2C. The van der Waals surface area contributed by atoms with E-state index in [4.69, 9.17) is 0 Å². The van der Waals surface area contributed by atoms with Gasteiger partial charge in [0.05, 0.1) is 5.56 Å². The van der Waals surface area contributed by atoms with Gasteiger partial charge in [0.15, 0.2) is 0 Å². The van der Waals surface area contributed by atoms with Crippen molar-refractivity contribution in [3.8, 4) is 0 Å². The minimum atomic E-state index is -0.0384. The summed E-state index contributed by atoms with van der Waals surface area (Å²) in [6, 6.07) is 7.89. The number of aryl methyl sites for hydroxylation is 1. The number of hydrogen-bond acceptors (Lipinski definition) is 2. The zero-order valence-corrected chi connectivity index (χ0v) is 16.2. The van der Waals surface area contributed by atoms with E-state index in [0.717, 1.165) is 16.3 Å². The van der Waals surface area contributed by atoms with Gasteiger partial charge in [0.25, 0.3) is 11.5 Å². The predicted molar refractivity (Wildman–Crippen MR) is 107 cm³/mol. The van der Waals surface area contributed by atoms with Gasteiger partial charge in [0, 0.05) is 49.2 Å². The van der Waals surface area contributed by atoms with Gasteiger partial charge >= 0.3 is 0 Å². The molecule has 0 unspecified atom stereocenters. The number of carbonyl (C=O) groups is 1. The molecule has 0 aliphatic carbocycles. The summed E-state index contributed by atoms with van der Waals surface area (Å²) in [5.41, 5.74) is 2.14. The van der Waals surface area contributed by atoms with Crippen molar-refractivity contribution in [3.63, 3.8) is 0 Å². The number of amides is 1. The van der Waals surface area contributed by atoms with Crippen LogP contribution in [0.4, 0.5) is 0 Å². The summed E-state index contributed by atoms with van der Waals surface area (Å²) in [4.78, 5) is 28.2. The van der Waals surface area contributed by atoms with Crippen molar-refractivity contribution in [2.24, 2.45) is 13.0 Å². The van der Waals surface area contributed by atoms with Crippen LogP contribution in [0.15, 0.2) is 35.3 Å². The maximum Gasteiger partial charge on any atom is 0.275 e. The average molecular weight is 353 g/mol. The van der Waals surface area contributed by atoms with E-state index in [1.54, 1.807) is 15.7 Å². The lowest BCUT2D eigenvalue weighted by Gasteiger charge is -2.20. The van der Waals surface area contributed by atoms with Gasteiger partial charge in [-0.25, -0.2) is 0 Å². The molecule has 0 saturated heterocycles. The highest BCUT2D eigenvalue weighted by Gasteiger charge is 2.23. The second-order valence-electron chi connectivity index (χ2n) is 7.17. The fourth-order valence-electron chi connectivity index (χ4n) is 3.70. The molecule has 0 N–H and O–H groups in total. The average Bonchev–Trinajstić information content (AvgIpc) is 2.92. The monoisotopic (exact) mass is 353 g/mol. The van der Waals surface area contributed by atoms with Gasteiger partial charge in [-0.15, -0.1) is 0 Å². The molecule has 3 rings (SSSR count). The molecule has 5 nitrogen and oxygen atoms in total. The van der Waals surface area contributed by atoms with Gasteiger partial charge < -0.3 is 14.0 Å². The summed E-state index contributed by atoms with van der Waals surface area (Å²) in [6.45, 7) is 9.98. The van der Waals surface area contributed by atoms with E-state index in [2.05, 4.69) is 13.8 Å². The standard InChI is InChI=1S/C21H27N3O2/c1-6-23(7-2)20(25)16-13-24(12-14(3)4)21(26)19-18(16)15-10-8-9-11-17(15)22(19)5/h8-11,13-14H,6-7,12H2,1-5H3. The molecule has 1 aromatic carbocycles. The van der Waals surface area contributed by atoms with Crippen LogP contribution in [0.25, 0.3) is 21.8 Å². The second-order valence-corrected chi connectivity index (χ2v) is 7.17. The maximum atomic E-state index is 13.2. The summed E-state index contributed by atoms with van der Waals surface area (Å²) in [6.07, 6.45) is 1.76. The number of rotatable bonds is 5. The summed E-state index contributed by atoms with van der Waals surface area (Å²) in [5, 5.41) is 1.72. The van der Waals surface area contributed by atoms with Crippen molar-refractivity contribution >= 4 is 27.7 Å². The third-order valence-electron chi connectivity index (χ3n) is 4.97. The quantitative estimate of drug-likeness (QED) is 0.703. The van der Waals surface area contributed by atoms with Crippen LogP contribution in [0.3, 0.4) is 0 Å². The summed E-state index contributed by atoms with van der Waals surface area (Å²) < 4.78 is 3.62. The molecule has 0 bridgehead atoms. The van der Waals surface area contributed by atoms with Gasteiger partial charge in [-0.1, -0.05) is 32.0 Å². The van der Waals surface area contributed by atoms with Crippen molar-refractivity contribution in [2.45, 2.75) is 34.2 Å². The molecule has 0 atom stereocenters. The van der Waals surface area contributed by atoms with Crippen LogP contribution in [0.5, 0.6) is 0 Å². The first-order valence-electron chi connectivity index (χ1n) is 9.30. The molecule has 138 valence electrons. The molecular formula is C21H27N3O2. The molecule has 0 spiro atoms. The molecule has 0 saturated carbocycles. The van der Waals surface area contributed by atoms with E-state index in [-0.39, 0.29) is 11.5 Å². The summed E-state index contributed by atoms with van der Waals surface area (Å²) in [7, 11) is 1.90. The van der Waals surface area contributed by atoms with Crippen LogP contribution in [0.2, 0.25) is 0 Å². The molecule has 2 aromatic heterocycles. The topological polar surface area (TPSA) is 47.2 Å². The molecule has 1 amide bonds. The van der Waals surface area contributed by atoms with E-state index in [9.17, 15) is 9.59 Å². The van der Waals surface area contributed by atoms with Crippen LogP contribution in [0.1, 0.15) is 38.1 Å². The molecule has 2 heterocycles. The minimum absolute atomic E-state index is 0.0196. The van der Waals surface area contributed by atoms with Crippen LogP contribution in [-0.4, -0.2) is 33.0 Å². The van der Waals surface area contributed by atoms with Crippen LogP contribution < -0.4 is 5.56 Å². The van der Waals surface area contributed by atoms with E-state index < -0.39 is 0 Å². The van der Waals surface area contributed by atoms with Crippen molar-refractivity contribution < 1.29 is 4.79 Å². The molecule has 0 radical (unpaired) electrons. The predicted octanol–water partition coefficient (Wildman–Crippen LogP) is 3.63. The Labute approximate surface area is 153 Å². The largest absolute Gasteiger partial charge is 0.339 e. The van der Waals surface area contributed by atoms with E-state index in [0.29, 0.717) is 36.6 Å². The Morgan fingerprint density at radius 2 is 1.81 bits per heavy atom. The summed E-state index contributed by atoms with van der Waals surface area (Å²) in [5.74, 6) is 0.296. The number of hydrogen-bond donors (Lipinski definition) is 0. The van der Waals surface area contributed by atoms with Crippen molar-refractivity contribution in [1.29, 1.82) is 0 Å². The lowest BCUT2D eigenvalue weighted by atomic mass is 10.1. The smallest absolute Gasteiger partial charge is 0.275 e. The molecule has 0 aliphatic heterocycles. The Morgan fingerprint density at radius 1 is 1.15 bits per heavy atom. The van der Waals surface area contributed by atoms with Crippen LogP contribution >= 0.6 is 0 Å².